The molecule has 0 aliphatic carbocycles. The van der Waals surface area contributed by atoms with Crippen LogP contribution in [0.5, 0.6) is 23.0 Å². The maximum atomic E-state index is 12.9. The van der Waals surface area contributed by atoms with Gasteiger partial charge in [-0.15, -0.1) is 0 Å². The summed E-state index contributed by atoms with van der Waals surface area (Å²) >= 11 is 12.4. The molecule has 5 rings (SSSR count). The van der Waals surface area contributed by atoms with Gasteiger partial charge in [0.05, 0.1) is 27.0 Å². The zero-order chi connectivity index (χ0) is 21.4. The Bertz CT molecular complexity index is 1220. The highest BCUT2D eigenvalue weighted by atomic mass is 35.5. The van der Waals surface area contributed by atoms with Gasteiger partial charge < -0.3 is 30.7 Å². The minimum atomic E-state index is -1.47. The number of carbonyl (C=O) groups excluding carboxylic acids is 1. The molecule has 0 atom stereocenters. The van der Waals surface area contributed by atoms with E-state index in [0.717, 1.165) is 0 Å². The van der Waals surface area contributed by atoms with Crippen LogP contribution in [-0.4, -0.2) is 23.2 Å². The lowest BCUT2D eigenvalue weighted by molar-refractivity contribution is 0.0224. The number of esters is 1. The van der Waals surface area contributed by atoms with Crippen LogP contribution in [-0.2, 0) is 10.3 Å². The van der Waals surface area contributed by atoms with E-state index >= 15 is 0 Å². The molecule has 152 valence electrons. The van der Waals surface area contributed by atoms with Crippen molar-refractivity contribution >= 4 is 40.5 Å². The maximum absolute atomic E-state index is 12.9. The number of hydrogen-bond acceptors (Lipinski definition) is 7. The van der Waals surface area contributed by atoms with Crippen molar-refractivity contribution < 1.29 is 24.5 Å². The first-order valence-electron chi connectivity index (χ1n) is 8.85. The van der Waals surface area contributed by atoms with E-state index < -0.39 is 11.6 Å². The number of hydrogen-bond donors (Lipinski definition) is 4. The smallest absolute Gasteiger partial charge is 0.340 e. The number of aromatic hydroxyl groups is 2. The Morgan fingerprint density at radius 3 is 2.03 bits per heavy atom. The number of nitrogens with two attached hydrogens (primary N) is 1. The van der Waals surface area contributed by atoms with E-state index in [-0.39, 0.29) is 38.6 Å². The second kappa shape index (κ2) is 6.10. The van der Waals surface area contributed by atoms with E-state index in [9.17, 15) is 15.0 Å². The third-order valence-electron chi connectivity index (χ3n) is 5.38. The Hall–Kier alpha value is -3.29. The van der Waals surface area contributed by atoms with E-state index in [1.165, 1.54) is 30.3 Å². The minimum Gasteiger partial charge on any atom is -0.506 e. The van der Waals surface area contributed by atoms with Crippen LogP contribution >= 0.6 is 23.2 Å². The van der Waals surface area contributed by atoms with E-state index in [1.807, 2.05) is 0 Å². The summed E-state index contributed by atoms with van der Waals surface area (Å²) in [5.74, 6) is -0.564. The predicted octanol–water partition coefficient (Wildman–Crippen LogP) is 4.60. The van der Waals surface area contributed by atoms with Crippen LogP contribution in [0.1, 0.15) is 27.0 Å². The fourth-order valence-corrected chi connectivity index (χ4v) is 4.34. The van der Waals surface area contributed by atoms with Gasteiger partial charge in [0.1, 0.15) is 23.0 Å². The molecule has 0 fully saturated rings. The molecule has 5 N–H and O–H groups in total. The molecule has 2 aliphatic heterocycles. The van der Waals surface area contributed by atoms with Gasteiger partial charge in [0, 0.05) is 35.9 Å². The lowest BCUT2D eigenvalue weighted by Crippen LogP contribution is -2.33. The highest BCUT2D eigenvalue weighted by Crippen LogP contribution is 2.59. The van der Waals surface area contributed by atoms with Crippen molar-refractivity contribution in [2.75, 3.05) is 18.1 Å². The fourth-order valence-electron chi connectivity index (χ4n) is 4.01. The molecule has 30 heavy (non-hydrogen) atoms. The maximum Gasteiger partial charge on any atom is 0.340 e. The van der Waals surface area contributed by atoms with Crippen molar-refractivity contribution in [2.24, 2.45) is 0 Å². The molecule has 0 saturated carbocycles. The topological polar surface area (TPSA) is 114 Å². The van der Waals surface area contributed by atoms with Gasteiger partial charge in [-0.05, 0) is 24.3 Å². The predicted molar refractivity (Wildman–Crippen MR) is 112 cm³/mol. The van der Waals surface area contributed by atoms with Crippen LogP contribution in [0.15, 0.2) is 36.4 Å². The highest BCUT2D eigenvalue weighted by molar-refractivity contribution is 6.32. The van der Waals surface area contributed by atoms with Crippen molar-refractivity contribution in [2.45, 2.75) is 5.60 Å². The zero-order valence-corrected chi connectivity index (χ0v) is 16.9. The Morgan fingerprint density at radius 1 is 0.933 bits per heavy atom. The molecule has 3 aromatic rings. The number of nitrogen functional groups attached to an aromatic ring is 1. The molecular formula is C21H14Cl2N2O5. The number of phenolic OH excluding ortho intramolecular Hbond substituents is 2. The number of ether oxygens (including phenoxy) is 2. The van der Waals surface area contributed by atoms with Crippen LogP contribution in [0.25, 0.3) is 0 Å². The van der Waals surface area contributed by atoms with Gasteiger partial charge in [0.2, 0.25) is 0 Å². The Balaban J connectivity index is 1.93. The minimum absolute atomic E-state index is 0.0545. The number of rotatable bonds is 1. The highest BCUT2D eigenvalue weighted by Gasteiger charge is 2.54. The first-order valence-corrected chi connectivity index (χ1v) is 9.60. The third-order valence-corrected chi connectivity index (χ3v) is 5.99. The summed E-state index contributed by atoms with van der Waals surface area (Å²) in [5.41, 5.74) is 7.14. The molecule has 9 heteroatoms. The first kappa shape index (κ1) is 18.7. The standard InChI is InChI=1S/C21H14Cl2N2O5/c1-25-15-5-9-8(2-14(15)24)20(28)30-21(9)10-3-12(22)16(26)6-18(10)29-19-7-17(27)13(23)4-11(19)21/h2-7,25-27H,24H2,1H3. The molecule has 0 bridgehead atoms. The second-order valence-electron chi connectivity index (χ2n) is 7.01. The van der Waals surface area contributed by atoms with E-state index in [1.54, 1.807) is 13.1 Å². The summed E-state index contributed by atoms with van der Waals surface area (Å²) in [4.78, 5) is 12.9. The summed E-state index contributed by atoms with van der Waals surface area (Å²) in [5, 5.41) is 23.3. The summed E-state index contributed by atoms with van der Waals surface area (Å²) in [6.45, 7) is 0. The molecular weight excluding hydrogens is 431 g/mol. The summed E-state index contributed by atoms with van der Waals surface area (Å²) < 4.78 is 11.9. The van der Waals surface area contributed by atoms with Crippen LogP contribution < -0.4 is 15.8 Å². The number of benzene rings is 3. The second-order valence-corrected chi connectivity index (χ2v) is 7.82. The molecule has 0 saturated heterocycles. The number of anilines is 2. The molecule has 1 spiro atoms. The van der Waals surface area contributed by atoms with Gasteiger partial charge in [-0.3, -0.25) is 0 Å². The molecule has 2 heterocycles. The van der Waals surface area contributed by atoms with Crippen molar-refractivity contribution in [1.29, 1.82) is 0 Å². The van der Waals surface area contributed by atoms with Crippen molar-refractivity contribution in [3.63, 3.8) is 0 Å². The monoisotopic (exact) mass is 444 g/mol. The quantitative estimate of drug-likeness (QED) is 0.320. The molecule has 3 aromatic carbocycles. The molecule has 2 aliphatic rings. The molecule has 0 unspecified atom stereocenters. The zero-order valence-electron chi connectivity index (χ0n) is 15.4. The summed E-state index contributed by atoms with van der Waals surface area (Å²) in [6.07, 6.45) is 0. The molecule has 0 radical (unpaired) electrons. The Morgan fingerprint density at radius 2 is 1.50 bits per heavy atom. The fraction of sp³-hybridized carbons (Fsp3) is 0.0952. The van der Waals surface area contributed by atoms with Gasteiger partial charge in [-0.2, -0.15) is 0 Å². The lowest BCUT2D eigenvalue weighted by atomic mass is 9.77. The van der Waals surface area contributed by atoms with E-state index in [0.29, 0.717) is 28.1 Å². The van der Waals surface area contributed by atoms with E-state index in [2.05, 4.69) is 5.32 Å². The normalized spacial score (nSPS) is 15.1. The molecule has 7 nitrogen and oxygen atoms in total. The number of phenols is 2. The van der Waals surface area contributed by atoms with Gasteiger partial charge in [-0.25, -0.2) is 4.79 Å². The Kier molecular flexibility index (Phi) is 3.81. The molecule has 0 amide bonds. The van der Waals surface area contributed by atoms with Crippen LogP contribution in [0.2, 0.25) is 10.0 Å². The average Bonchev–Trinajstić information content (AvgIpc) is 2.97. The largest absolute Gasteiger partial charge is 0.506 e. The average molecular weight is 445 g/mol. The van der Waals surface area contributed by atoms with Crippen LogP contribution in [0.4, 0.5) is 11.4 Å². The summed E-state index contributed by atoms with van der Waals surface area (Å²) in [7, 11) is 1.71. The number of nitrogens with one attached hydrogen (secondary N) is 1. The van der Waals surface area contributed by atoms with Gasteiger partial charge in [0.15, 0.2) is 5.60 Å². The number of carbonyl (C=O) groups is 1. The van der Waals surface area contributed by atoms with Crippen molar-refractivity contribution in [1.82, 2.24) is 0 Å². The van der Waals surface area contributed by atoms with Gasteiger partial charge >= 0.3 is 5.97 Å². The molecule has 0 aromatic heterocycles. The first-order chi connectivity index (χ1) is 14.3. The van der Waals surface area contributed by atoms with Crippen LogP contribution in [0.3, 0.4) is 0 Å². The summed E-state index contributed by atoms with van der Waals surface area (Å²) in [6, 6.07) is 8.88. The van der Waals surface area contributed by atoms with Crippen molar-refractivity contribution in [3.05, 3.63) is 68.7 Å². The van der Waals surface area contributed by atoms with Crippen molar-refractivity contribution in [3.8, 4) is 23.0 Å². The lowest BCUT2D eigenvalue weighted by Gasteiger charge is -2.37. The third kappa shape index (κ3) is 2.30. The van der Waals surface area contributed by atoms with E-state index in [4.69, 9.17) is 38.4 Å². The Labute approximate surface area is 180 Å². The number of fused-ring (bicyclic) bond motifs is 6. The van der Waals surface area contributed by atoms with Gasteiger partial charge in [-0.1, -0.05) is 23.2 Å². The van der Waals surface area contributed by atoms with Crippen LogP contribution in [0, 0.1) is 0 Å². The van der Waals surface area contributed by atoms with Gasteiger partial charge in [0.25, 0.3) is 0 Å². The SMILES string of the molecule is CNc1cc2c(cc1N)C(=O)OC21c2cc(Cl)c(O)cc2Oc2cc(O)c(Cl)cc21. The number of halogens is 2.